The van der Waals surface area contributed by atoms with Gasteiger partial charge in [0.15, 0.2) is 0 Å². The number of rotatable bonds is 4. The second-order valence-corrected chi connectivity index (χ2v) is 17.6. The summed E-state index contributed by atoms with van der Waals surface area (Å²) < 4.78 is 5.37. The number of aromatic nitrogens is 2. The van der Waals surface area contributed by atoms with E-state index >= 15 is 0 Å². The van der Waals surface area contributed by atoms with Gasteiger partial charge in [0.05, 0.1) is 34.6 Å². The molecule has 0 unspecified atom stereocenters. The maximum atomic E-state index is 13.2. The predicted molar refractivity (Wildman–Crippen MR) is 205 cm³/mol. The molecular weight excluding hydrogens is 654 g/mol. The van der Waals surface area contributed by atoms with Crippen LogP contribution in [0.5, 0.6) is 0 Å². The summed E-state index contributed by atoms with van der Waals surface area (Å²) in [5.41, 5.74) is 9.19. The topological polar surface area (TPSA) is 81.2 Å². The fourth-order valence-corrected chi connectivity index (χ4v) is 11.0. The maximum Gasteiger partial charge on any atom is 0.311 e. The average molecular weight is 702 g/mol. The van der Waals surface area contributed by atoms with Gasteiger partial charge in [0.2, 0.25) is 0 Å². The van der Waals surface area contributed by atoms with Crippen molar-refractivity contribution in [3.63, 3.8) is 0 Å². The van der Waals surface area contributed by atoms with E-state index in [1.165, 1.54) is 23.8 Å². The molecule has 1 amide bonds. The largest absolute Gasteiger partial charge is 0.469 e. The number of amides is 1. The number of hydrogen-bond acceptors (Lipinski definition) is 5. The quantitative estimate of drug-likeness (QED) is 0.169. The van der Waals surface area contributed by atoms with Crippen LogP contribution in [-0.2, 0) is 16.1 Å². The number of carbonyl (C=O) groups is 2. The molecule has 1 N–H and O–H groups in total. The lowest BCUT2D eigenvalue weighted by Gasteiger charge is -2.70. The molecule has 7 heteroatoms. The number of methoxy groups -OCH3 is 1. The van der Waals surface area contributed by atoms with Gasteiger partial charge in [-0.1, -0.05) is 69.7 Å². The highest BCUT2D eigenvalue weighted by Gasteiger charge is 2.68. The van der Waals surface area contributed by atoms with Gasteiger partial charge in [0.1, 0.15) is 0 Å². The highest BCUT2D eigenvalue weighted by molar-refractivity contribution is 6.30. The van der Waals surface area contributed by atoms with E-state index < -0.39 is 5.41 Å². The Labute approximate surface area is 306 Å². The fourth-order valence-electron chi connectivity index (χ4n) is 10.9. The molecule has 0 bridgehead atoms. The summed E-state index contributed by atoms with van der Waals surface area (Å²) in [6, 6.07) is 15.3. The standard InChI is InChI=1S/C44H48ClN3O3/c1-26-30-14-16-42(4)32(15-17-43(5)36-24-41(3,39(50)51-7)19-18-40(36,2)20-21-44(42,43)6)31(30)23-35-37(26)48-33-13-10-28(22-34(33)47-35)38(49)46-25-27-8-11-29(45)12-9-27/h8-16,22-23,36H,17-21,24-25H2,1-7H3,(H,46,49)/t36-,40-,41-,42-,43+,44-/m1/s1. The van der Waals surface area contributed by atoms with Crippen molar-refractivity contribution >= 4 is 57.2 Å². The Bertz CT molecular complexity index is 2210. The molecule has 8 rings (SSSR count). The third kappa shape index (κ3) is 4.88. The van der Waals surface area contributed by atoms with Crippen LogP contribution in [0.1, 0.15) is 106 Å². The number of benzene rings is 3. The monoisotopic (exact) mass is 701 g/mol. The van der Waals surface area contributed by atoms with Crippen molar-refractivity contribution in [2.45, 2.75) is 86.6 Å². The van der Waals surface area contributed by atoms with Crippen LogP contribution in [0.4, 0.5) is 0 Å². The molecule has 1 heterocycles. The molecule has 6 nitrogen and oxygen atoms in total. The van der Waals surface area contributed by atoms with Gasteiger partial charge >= 0.3 is 5.97 Å². The van der Waals surface area contributed by atoms with Crippen LogP contribution in [-0.4, -0.2) is 29.0 Å². The lowest BCUT2D eigenvalue weighted by Crippen LogP contribution is -2.63. The first-order valence-electron chi connectivity index (χ1n) is 18.4. The van der Waals surface area contributed by atoms with E-state index in [1.54, 1.807) is 0 Å². The molecule has 2 fully saturated rings. The molecule has 4 aliphatic rings. The van der Waals surface area contributed by atoms with Gasteiger partial charge in [0, 0.05) is 22.5 Å². The van der Waals surface area contributed by atoms with Crippen LogP contribution < -0.4 is 5.32 Å². The summed E-state index contributed by atoms with van der Waals surface area (Å²) in [6.07, 6.45) is 13.4. The zero-order valence-electron chi connectivity index (χ0n) is 30.9. The fraction of sp³-hybridized carbons (Fsp3) is 0.455. The van der Waals surface area contributed by atoms with E-state index in [4.69, 9.17) is 26.3 Å². The summed E-state index contributed by atoms with van der Waals surface area (Å²) >= 11 is 6.02. The molecule has 0 aliphatic heterocycles. The van der Waals surface area contributed by atoms with Gasteiger partial charge in [-0.2, -0.15) is 0 Å². The average Bonchev–Trinajstić information content (AvgIpc) is 3.12. The number of aryl methyl sites for hydroxylation is 1. The number of fused-ring (bicyclic) bond motifs is 9. The Kier molecular flexibility index (Phi) is 7.67. The van der Waals surface area contributed by atoms with Crippen molar-refractivity contribution in [3.05, 3.63) is 93.5 Å². The number of halogens is 1. The Morgan fingerprint density at radius 1 is 0.922 bits per heavy atom. The Hall–Kier alpha value is -4.03. The third-order valence-electron chi connectivity index (χ3n) is 14.6. The molecule has 0 saturated heterocycles. The predicted octanol–water partition coefficient (Wildman–Crippen LogP) is 10.3. The molecule has 4 aliphatic carbocycles. The SMILES string of the molecule is COC(=O)[C@]1(C)CC[C@]2(C)CC[C@@]3(C)[C@@](C)(CC=C4c5cc6nc7cc(C(=O)NCc8ccc(Cl)cc8)ccc7nc6c(C)c5C=C[C@]43C)[C@@H]2C1. The van der Waals surface area contributed by atoms with E-state index in [1.807, 2.05) is 42.5 Å². The number of allylic oxidation sites excluding steroid dienone is 3. The van der Waals surface area contributed by atoms with E-state index in [0.29, 0.717) is 28.6 Å². The van der Waals surface area contributed by atoms with E-state index in [9.17, 15) is 9.59 Å². The summed E-state index contributed by atoms with van der Waals surface area (Å²) in [5.74, 6) is 0.180. The first kappa shape index (κ1) is 34.1. The smallest absolute Gasteiger partial charge is 0.311 e. The van der Waals surface area contributed by atoms with Crippen molar-refractivity contribution in [2.24, 2.45) is 33.0 Å². The van der Waals surface area contributed by atoms with E-state index in [2.05, 4.69) is 71.2 Å². The van der Waals surface area contributed by atoms with Crippen LogP contribution in [0, 0.1) is 39.9 Å². The zero-order valence-corrected chi connectivity index (χ0v) is 31.6. The van der Waals surface area contributed by atoms with Crippen LogP contribution in [0.25, 0.3) is 33.7 Å². The Morgan fingerprint density at radius 2 is 1.67 bits per heavy atom. The van der Waals surface area contributed by atoms with Gasteiger partial charge in [-0.25, -0.2) is 9.97 Å². The molecule has 51 heavy (non-hydrogen) atoms. The van der Waals surface area contributed by atoms with Crippen LogP contribution in [0.3, 0.4) is 0 Å². The van der Waals surface area contributed by atoms with Gasteiger partial charge in [0.25, 0.3) is 5.91 Å². The van der Waals surface area contributed by atoms with Crippen molar-refractivity contribution in [2.75, 3.05) is 7.11 Å². The van der Waals surface area contributed by atoms with E-state index in [0.717, 1.165) is 66.2 Å². The van der Waals surface area contributed by atoms with Crippen molar-refractivity contribution in [1.82, 2.24) is 15.3 Å². The lowest BCUT2D eigenvalue weighted by molar-refractivity contribution is -0.190. The number of hydrogen-bond donors (Lipinski definition) is 1. The molecule has 0 radical (unpaired) electrons. The molecule has 264 valence electrons. The highest BCUT2D eigenvalue weighted by atomic mass is 35.5. The number of esters is 1. The first-order chi connectivity index (χ1) is 24.1. The maximum absolute atomic E-state index is 13.2. The number of nitrogens with zero attached hydrogens (tertiary/aromatic N) is 2. The summed E-state index contributed by atoms with van der Waals surface area (Å²) in [6.45, 7) is 14.7. The molecule has 1 aromatic heterocycles. The molecule has 6 atom stereocenters. The Morgan fingerprint density at radius 3 is 2.41 bits per heavy atom. The van der Waals surface area contributed by atoms with Gasteiger partial charge in [-0.05, 0) is 139 Å². The number of carbonyl (C=O) groups excluding carboxylic acids is 2. The molecule has 2 saturated carbocycles. The number of nitrogens with one attached hydrogen (secondary N) is 1. The second-order valence-electron chi connectivity index (χ2n) is 17.1. The third-order valence-corrected chi connectivity index (χ3v) is 14.9. The molecule has 0 spiro atoms. The van der Waals surface area contributed by atoms with E-state index in [-0.39, 0.29) is 33.5 Å². The summed E-state index contributed by atoms with van der Waals surface area (Å²) in [7, 11) is 1.54. The van der Waals surface area contributed by atoms with Crippen molar-refractivity contribution in [3.8, 4) is 0 Å². The van der Waals surface area contributed by atoms with Gasteiger partial charge in [-0.15, -0.1) is 0 Å². The molecule has 3 aromatic carbocycles. The van der Waals surface area contributed by atoms with Gasteiger partial charge in [-0.3, -0.25) is 9.59 Å². The van der Waals surface area contributed by atoms with Crippen molar-refractivity contribution in [1.29, 1.82) is 0 Å². The Balaban J connectivity index is 1.17. The van der Waals surface area contributed by atoms with Crippen LogP contribution >= 0.6 is 11.6 Å². The second kappa shape index (κ2) is 11.5. The normalized spacial score (nSPS) is 32.3. The molecule has 4 aromatic rings. The summed E-state index contributed by atoms with van der Waals surface area (Å²) in [5, 5.41) is 3.68. The highest BCUT2D eigenvalue weighted by Crippen LogP contribution is 2.76. The van der Waals surface area contributed by atoms with Crippen LogP contribution in [0.2, 0.25) is 5.02 Å². The minimum Gasteiger partial charge on any atom is -0.469 e. The zero-order chi connectivity index (χ0) is 36.1. The lowest BCUT2D eigenvalue weighted by atomic mass is 9.33. The molecular formula is C44H48ClN3O3. The first-order valence-corrected chi connectivity index (χ1v) is 18.8. The summed E-state index contributed by atoms with van der Waals surface area (Å²) in [4.78, 5) is 36.5. The van der Waals surface area contributed by atoms with Crippen LogP contribution in [0.15, 0.2) is 60.7 Å². The minimum atomic E-state index is -0.450. The van der Waals surface area contributed by atoms with Crippen molar-refractivity contribution < 1.29 is 14.3 Å². The number of ether oxygens (including phenoxy) is 1. The van der Waals surface area contributed by atoms with Gasteiger partial charge < -0.3 is 10.1 Å². The minimum absolute atomic E-state index is 0.00221.